The highest BCUT2D eigenvalue weighted by Gasteiger charge is 2.34. The highest BCUT2D eigenvalue weighted by molar-refractivity contribution is 5.79. The van der Waals surface area contributed by atoms with Crippen molar-refractivity contribution in [2.75, 3.05) is 13.2 Å². The molecule has 2 heterocycles. The number of halogens is 3. The van der Waals surface area contributed by atoms with E-state index in [9.17, 15) is 18.0 Å². The van der Waals surface area contributed by atoms with Gasteiger partial charge in [-0.2, -0.15) is 13.2 Å². The summed E-state index contributed by atoms with van der Waals surface area (Å²) >= 11 is 0. The van der Waals surface area contributed by atoms with Crippen LogP contribution in [-0.2, 0) is 10.9 Å². The highest BCUT2D eigenvalue weighted by atomic mass is 19.4. The van der Waals surface area contributed by atoms with Crippen LogP contribution in [0, 0.1) is 0 Å². The maximum absolute atomic E-state index is 12.9. The smallest absolute Gasteiger partial charge is 0.379 e. The Labute approximate surface area is 112 Å². The number of imidazole rings is 1. The molecule has 1 N–H and O–H groups in total. The van der Waals surface area contributed by atoms with Crippen LogP contribution in [0.15, 0.2) is 23.0 Å². The van der Waals surface area contributed by atoms with Gasteiger partial charge in [0.05, 0.1) is 29.2 Å². The van der Waals surface area contributed by atoms with Crippen LogP contribution in [0.25, 0.3) is 11.0 Å². The summed E-state index contributed by atoms with van der Waals surface area (Å²) in [5.41, 5.74) is -1.22. The molecule has 1 aromatic carbocycles. The van der Waals surface area contributed by atoms with E-state index in [2.05, 4.69) is 4.98 Å². The second-order valence-electron chi connectivity index (χ2n) is 4.87. The van der Waals surface area contributed by atoms with Crippen LogP contribution < -0.4 is 5.69 Å². The van der Waals surface area contributed by atoms with E-state index in [4.69, 9.17) is 4.74 Å². The van der Waals surface area contributed by atoms with Gasteiger partial charge in [-0.05, 0) is 25.0 Å². The van der Waals surface area contributed by atoms with E-state index in [1.54, 1.807) is 0 Å². The number of H-pyrrole nitrogens is 1. The number of hydrogen-bond acceptors (Lipinski definition) is 2. The summed E-state index contributed by atoms with van der Waals surface area (Å²) in [6.07, 6.45) is -2.97. The minimum absolute atomic E-state index is 0.157. The average Bonchev–Trinajstić information content (AvgIpc) is 2.74. The Hall–Kier alpha value is -1.76. The molecule has 108 valence electrons. The van der Waals surface area contributed by atoms with E-state index >= 15 is 0 Å². The molecule has 0 radical (unpaired) electrons. The SMILES string of the molecule is O=c1[nH]c2c(C(F)(F)F)cccc2n1C1CCCOC1. The first-order valence-electron chi connectivity index (χ1n) is 6.36. The molecule has 7 heteroatoms. The third-order valence-electron chi connectivity index (χ3n) is 3.56. The Balaban J connectivity index is 2.19. The standard InChI is InChI=1S/C13H13F3N2O2/c14-13(15,16)9-4-1-5-10-11(9)17-12(19)18(10)8-3-2-6-20-7-8/h1,4-5,8H,2-3,6-7H2,(H,17,19). The Kier molecular flexibility index (Phi) is 3.08. The van der Waals surface area contributed by atoms with Crippen LogP contribution in [0.5, 0.6) is 0 Å². The van der Waals surface area contributed by atoms with E-state index in [-0.39, 0.29) is 17.1 Å². The van der Waals surface area contributed by atoms with Crippen molar-refractivity contribution in [1.29, 1.82) is 0 Å². The minimum atomic E-state index is -4.49. The minimum Gasteiger partial charge on any atom is -0.379 e. The van der Waals surface area contributed by atoms with E-state index < -0.39 is 17.4 Å². The van der Waals surface area contributed by atoms with E-state index in [1.165, 1.54) is 16.7 Å². The molecular weight excluding hydrogens is 273 g/mol. The molecule has 3 rings (SSSR count). The van der Waals surface area contributed by atoms with Crippen molar-refractivity contribution in [1.82, 2.24) is 9.55 Å². The number of nitrogens with zero attached hydrogens (tertiary/aromatic N) is 1. The van der Waals surface area contributed by atoms with Gasteiger partial charge in [0, 0.05) is 6.61 Å². The van der Waals surface area contributed by atoms with Gasteiger partial charge in [0.25, 0.3) is 0 Å². The molecule has 0 aliphatic carbocycles. The fourth-order valence-corrected chi connectivity index (χ4v) is 2.67. The molecule has 0 bridgehead atoms. The number of hydrogen-bond donors (Lipinski definition) is 1. The molecule has 2 aromatic rings. The van der Waals surface area contributed by atoms with Gasteiger partial charge in [0.2, 0.25) is 0 Å². The molecule has 0 spiro atoms. The fourth-order valence-electron chi connectivity index (χ4n) is 2.67. The fraction of sp³-hybridized carbons (Fsp3) is 0.462. The van der Waals surface area contributed by atoms with E-state index in [1.807, 2.05) is 0 Å². The first-order chi connectivity index (χ1) is 9.48. The molecule has 0 amide bonds. The van der Waals surface area contributed by atoms with Crippen LogP contribution in [0.4, 0.5) is 13.2 Å². The van der Waals surface area contributed by atoms with Gasteiger partial charge in [-0.1, -0.05) is 6.07 Å². The number of alkyl halides is 3. The van der Waals surface area contributed by atoms with Gasteiger partial charge in [-0.15, -0.1) is 0 Å². The van der Waals surface area contributed by atoms with Crippen molar-refractivity contribution in [3.63, 3.8) is 0 Å². The summed E-state index contributed by atoms with van der Waals surface area (Å²) < 4.78 is 45.5. The summed E-state index contributed by atoms with van der Waals surface area (Å²) in [5.74, 6) is 0. The molecule has 4 nitrogen and oxygen atoms in total. The first-order valence-corrected chi connectivity index (χ1v) is 6.36. The van der Waals surface area contributed by atoms with Crippen molar-refractivity contribution in [2.24, 2.45) is 0 Å². The Morgan fingerprint density at radius 1 is 1.35 bits per heavy atom. The second-order valence-corrected chi connectivity index (χ2v) is 4.87. The summed E-state index contributed by atoms with van der Waals surface area (Å²) in [4.78, 5) is 14.3. The number of ether oxygens (including phenoxy) is 1. The number of aromatic amines is 1. The van der Waals surface area contributed by atoms with Crippen LogP contribution in [0.3, 0.4) is 0 Å². The number of benzene rings is 1. The predicted molar refractivity (Wildman–Crippen MR) is 66.7 cm³/mol. The molecular formula is C13H13F3N2O2. The number of fused-ring (bicyclic) bond motifs is 1. The van der Waals surface area contributed by atoms with Crippen molar-refractivity contribution < 1.29 is 17.9 Å². The lowest BCUT2D eigenvalue weighted by atomic mass is 10.1. The van der Waals surface area contributed by atoms with Crippen molar-refractivity contribution in [3.8, 4) is 0 Å². The van der Waals surface area contributed by atoms with Crippen molar-refractivity contribution >= 4 is 11.0 Å². The molecule has 1 unspecified atom stereocenters. The largest absolute Gasteiger partial charge is 0.418 e. The summed E-state index contributed by atoms with van der Waals surface area (Å²) in [5, 5.41) is 0. The van der Waals surface area contributed by atoms with Crippen LogP contribution >= 0.6 is 0 Å². The van der Waals surface area contributed by atoms with Gasteiger partial charge < -0.3 is 9.72 Å². The Bertz CT molecular complexity index is 681. The molecule has 1 aromatic heterocycles. The van der Waals surface area contributed by atoms with Gasteiger partial charge >= 0.3 is 11.9 Å². The lowest BCUT2D eigenvalue weighted by Crippen LogP contribution is -2.28. The van der Waals surface area contributed by atoms with Crippen molar-refractivity contribution in [2.45, 2.75) is 25.1 Å². The van der Waals surface area contributed by atoms with E-state index in [0.29, 0.717) is 13.2 Å². The first kappa shape index (κ1) is 13.2. The van der Waals surface area contributed by atoms with Crippen molar-refractivity contribution in [3.05, 3.63) is 34.2 Å². The maximum Gasteiger partial charge on any atom is 0.418 e. The average molecular weight is 286 g/mol. The normalized spacial score (nSPS) is 20.4. The second kappa shape index (κ2) is 4.66. The number of para-hydroxylation sites is 1. The third kappa shape index (κ3) is 2.11. The van der Waals surface area contributed by atoms with Gasteiger partial charge in [0.15, 0.2) is 0 Å². The summed E-state index contributed by atoms with van der Waals surface area (Å²) in [6, 6.07) is 3.60. The highest BCUT2D eigenvalue weighted by Crippen LogP contribution is 2.34. The third-order valence-corrected chi connectivity index (χ3v) is 3.56. The number of nitrogens with one attached hydrogen (secondary N) is 1. The lowest BCUT2D eigenvalue weighted by Gasteiger charge is -2.23. The summed E-state index contributed by atoms with van der Waals surface area (Å²) in [6.45, 7) is 0.977. The molecule has 20 heavy (non-hydrogen) atoms. The molecule has 1 atom stereocenters. The Morgan fingerprint density at radius 3 is 2.80 bits per heavy atom. The topological polar surface area (TPSA) is 47.0 Å². The molecule has 0 saturated carbocycles. The van der Waals surface area contributed by atoms with E-state index in [0.717, 1.165) is 18.9 Å². The lowest BCUT2D eigenvalue weighted by molar-refractivity contribution is -0.136. The molecule has 1 fully saturated rings. The van der Waals surface area contributed by atoms with Crippen LogP contribution in [0.2, 0.25) is 0 Å². The number of aromatic nitrogens is 2. The molecule has 1 aliphatic rings. The summed E-state index contributed by atoms with van der Waals surface area (Å²) in [7, 11) is 0. The van der Waals surface area contributed by atoms with Gasteiger partial charge in [-0.25, -0.2) is 4.79 Å². The van der Waals surface area contributed by atoms with Crippen LogP contribution in [-0.4, -0.2) is 22.8 Å². The zero-order valence-electron chi connectivity index (χ0n) is 10.5. The van der Waals surface area contributed by atoms with Gasteiger partial charge in [0.1, 0.15) is 0 Å². The van der Waals surface area contributed by atoms with Crippen LogP contribution in [0.1, 0.15) is 24.4 Å². The zero-order chi connectivity index (χ0) is 14.3. The number of rotatable bonds is 1. The molecule has 1 saturated heterocycles. The Morgan fingerprint density at radius 2 is 2.15 bits per heavy atom. The molecule has 1 aliphatic heterocycles. The zero-order valence-corrected chi connectivity index (χ0v) is 10.5. The van der Waals surface area contributed by atoms with Gasteiger partial charge in [-0.3, -0.25) is 4.57 Å². The quantitative estimate of drug-likeness (QED) is 0.876. The predicted octanol–water partition coefficient (Wildman–Crippen LogP) is 2.70. The maximum atomic E-state index is 12.9. The monoisotopic (exact) mass is 286 g/mol.